The van der Waals surface area contributed by atoms with Gasteiger partial charge in [0.05, 0.1) is 0 Å². The van der Waals surface area contributed by atoms with Gasteiger partial charge in [-0.3, -0.25) is 14.5 Å². The van der Waals surface area contributed by atoms with Crippen molar-refractivity contribution in [2.45, 2.75) is 51.6 Å². The van der Waals surface area contributed by atoms with Gasteiger partial charge in [-0.05, 0) is 36.8 Å². The third kappa shape index (κ3) is 3.25. The molecule has 1 aromatic carbocycles. The van der Waals surface area contributed by atoms with Gasteiger partial charge in [-0.2, -0.15) is 0 Å². The Hall–Kier alpha value is -2.37. The van der Waals surface area contributed by atoms with Gasteiger partial charge in [0.2, 0.25) is 5.91 Å². The highest BCUT2D eigenvalue weighted by atomic mass is 16.2. The van der Waals surface area contributed by atoms with Crippen LogP contribution in [0.5, 0.6) is 0 Å². The van der Waals surface area contributed by atoms with Gasteiger partial charge in [-0.25, -0.2) is 4.79 Å². The molecule has 1 saturated carbocycles. The summed E-state index contributed by atoms with van der Waals surface area (Å²) in [7, 11) is 0. The first kappa shape index (κ1) is 17.5. The summed E-state index contributed by atoms with van der Waals surface area (Å²) < 4.78 is 0. The monoisotopic (exact) mass is 343 g/mol. The lowest BCUT2D eigenvalue weighted by Gasteiger charge is -2.36. The Bertz CT molecular complexity index is 703. The number of carbonyl (C=O) groups excluding carboxylic acids is 3. The zero-order valence-corrected chi connectivity index (χ0v) is 14.8. The molecule has 25 heavy (non-hydrogen) atoms. The Balaban J connectivity index is 1.62. The Morgan fingerprint density at radius 2 is 2.08 bits per heavy atom. The van der Waals surface area contributed by atoms with E-state index in [1.807, 2.05) is 38.1 Å². The van der Waals surface area contributed by atoms with Crippen LogP contribution in [0, 0.1) is 12.8 Å². The van der Waals surface area contributed by atoms with Crippen LogP contribution in [0.25, 0.3) is 0 Å². The van der Waals surface area contributed by atoms with Gasteiger partial charge >= 0.3 is 6.03 Å². The predicted molar refractivity (Wildman–Crippen MR) is 93.6 cm³/mol. The third-order valence-corrected chi connectivity index (χ3v) is 5.54. The van der Waals surface area contributed by atoms with Crippen molar-refractivity contribution in [3.63, 3.8) is 0 Å². The molecule has 0 bridgehead atoms. The number of nitrogens with one attached hydrogen (secondary N) is 2. The van der Waals surface area contributed by atoms with Crippen LogP contribution in [0.2, 0.25) is 0 Å². The first-order chi connectivity index (χ1) is 11.9. The molecular weight excluding hydrogens is 318 g/mol. The topological polar surface area (TPSA) is 78.5 Å². The lowest BCUT2D eigenvalue weighted by molar-refractivity contribution is -0.137. The summed E-state index contributed by atoms with van der Waals surface area (Å²) in [5.41, 5.74) is 1.30. The van der Waals surface area contributed by atoms with Crippen LogP contribution < -0.4 is 10.6 Å². The molecule has 1 saturated heterocycles. The van der Waals surface area contributed by atoms with Gasteiger partial charge in [-0.15, -0.1) is 0 Å². The molecule has 2 atom stereocenters. The number of aryl methyl sites for hydroxylation is 1. The molecule has 134 valence electrons. The summed E-state index contributed by atoms with van der Waals surface area (Å²) in [5, 5.41) is 5.66. The summed E-state index contributed by atoms with van der Waals surface area (Å²) in [6, 6.07) is 7.33. The van der Waals surface area contributed by atoms with E-state index in [4.69, 9.17) is 0 Å². The fourth-order valence-corrected chi connectivity index (χ4v) is 3.84. The first-order valence-electron chi connectivity index (χ1n) is 8.89. The number of hydrogen-bond acceptors (Lipinski definition) is 3. The van der Waals surface area contributed by atoms with E-state index in [0.717, 1.165) is 35.3 Å². The van der Waals surface area contributed by atoms with E-state index in [1.165, 1.54) is 0 Å². The van der Waals surface area contributed by atoms with Gasteiger partial charge in [0.15, 0.2) is 0 Å². The molecule has 6 heteroatoms. The highest BCUT2D eigenvalue weighted by Crippen LogP contribution is 2.38. The van der Waals surface area contributed by atoms with Crippen LogP contribution in [0.3, 0.4) is 0 Å². The molecule has 1 spiro atoms. The molecule has 1 aromatic rings. The van der Waals surface area contributed by atoms with Crippen molar-refractivity contribution in [2.75, 3.05) is 6.54 Å². The Kier molecular flexibility index (Phi) is 4.79. The molecular formula is C19H25N3O3. The van der Waals surface area contributed by atoms with Crippen LogP contribution in [0.15, 0.2) is 24.3 Å². The molecule has 4 amide bonds. The quantitative estimate of drug-likeness (QED) is 0.822. The molecule has 0 aromatic heterocycles. The van der Waals surface area contributed by atoms with Crippen LogP contribution >= 0.6 is 0 Å². The highest BCUT2D eigenvalue weighted by Gasteiger charge is 2.55. The summed E-state index contributed by atoms with van der Waals surface area (Å²) in [6.07, 6.45) is 3.56. The molecule has 2 unspecified atom stereocenters. The van der Waals surface area contributed by atoms with Gasteiger partial charge in [0.25, 0.3) is 5.91 Å². The Morgan fingerprint density at radius 3 is 2.80 bits per heavy atom. The maximum absolute atomic E-state index is 12.8. The van der Waals surface area contributed by atoms with Crippen molar-refractivity contribution < 1.29 is 14.4 Å². The minimum Gasteiger partial charge on any atom is -0.350 e. The molecule has 6 nitrogen and oxygen atoms in total. The third-order valence-electron chi connectivity index (χ3n) is 5.54. The molecule has 1 aliphatic heterocycles. The number of imide groups is 1. The first-order valence-corrected chi connectivity index (χ1v) is 8.89. The Labute approximate surface area is 148 Å². The van der Waals surface area contributed by atoms with E-state index in [9.17, 15) is 14.4 Å². The summed E-state index contributed by atoms with van der Waals surface area (Å²) in [5.74, 6) is -0.485. The zero-order chi connectivity index (χ0) is 18.0. The number of carbonyl (C=O) groups is 3. The molecule has 2 N–H and O–H groups in total. The second-order valence-corrected chi connectivity index (χ2v) is 7.14. The average molecular weight is 343 g/mol. The molecule has 3 rings (SSSR count). The van der Waals surface area contributed by atoms with Gasteiger partial charge in [0.1, 0.15) is 12.1 Å². The van der Waals surface area contributed by atoms with E-state index < -0.39 is 11.6 Å². The molecule has 2 aliphatic rings. The minimum absolute atomic E-state index is 0.0951. The maximum Gasteiger partial charge on any atom is 0.325 e. The van der Waals surface area contributed by atoms with Crippen LogP contribution in [0.1, 0.15) is 43.7 Å². The van der Waals surface area contributed by atoms with E-state index in [2.05, 4.69) is 10.6 Å². The van der Waals surface area contributed by atoms with Crippen LogP contribution in [-0.2, 0) is 16.1 Å². The summed E-state index contributed by atoms with van der Waals surface area (Å²) in [6.45, 7) is 4.13. The van der Waals surface area contributed by atoms with Gasteiger partial charge < -0.3 is 10.6 Å². The van der Waals surface area contributed by atoms with Crippen molar-refractivity contribution in [1.82, 2.24) is 15.5 Å². The van der Waals surface area contributed by atoms with Crippen molar-refractivity contribution in [3.05, 3.63) is 35.4 Å². The number of benzene rings is 1. The van der Waals surface area contributed by atoms with E-state index >= 15 is 0 Å². The van der Waals surface area contributed by atoms with E-state index in [0.29, 0.717) is 13.0 Å². The van der Waals surface area contributed by atoms with Crippen LogP contribution in [0.4, 0.5) is 4.79 Å². The maximum atomic E-state index is 12.8. The van der Waals surface area contributed by atoms with Gasteiger partial charge in [-0.1, -0.05) is 44.0 Å². The lowest BCUT2D eigenvalue weighted by atomic mass is 9.73. The number of rotatable bonds is 4. The van der Waals surface area contributed by atoms with Crippen molar-refractivity contribution in [1.29, 1.82) is 0 Å². The molecule has 1 heterocycles. The molecule has 2 fully saturated rings. The zero-order valence-electron chi connectivity index (χ0n) is 14.8. The second kappa shape index (κ2) is 6.86. The van der Waals surface area contributed by atoms with Crippen molar-refractivity contribution in [3.8, 4) is 0 Å². The summed E-state index contributed by atoms with van der Waals surface area (Å²) in [4.78, 5) is 38.4. The van der Waals surface area contributed by atoms with Gasteiger partial charge in [0, 0.05) is 6.54 Å². The van der Waals surface area contributed by atoms with Crippen LogP contribution in [-0.4, -0.2) is 34.8 Å². The SMILES string of the molecule is Cc1ccccc1CNC(=O)CN1C(=O)NC2(CCCCC2C)C1=O. The smallest absolute Gasteiger partial charge is 0.325 e. The van der Waals surface area contributed by atoms with E-state index in [1.54, 1.807) is 0 Å². The number of urea groups is 1. The Morgan fingerprint density at radius 1 is 1.32 bits per heavy atom. The standard InChI is InChI=1S/C19H25N3O3/c1-13-7-3-4-9-15(13)11-20-16(23)12-22-17(24)19(21-18(22)25)10-6-5-8-14(19)2/h3-4,7,9,14H,5-6,8,10-12H2,1-2H3,(H,20,23)(H,21,25). The normalized spacial score (nSPS) is 26.0. The summed E-state index contributed by atoms with van der Waals surface area (Å²) >= 11 is 0. The fraction of sp³-hybridized carbons (Fsp3) is 0.526. The van der Waals surface area contributed by atoms with Crippen molar-refractivity contribution >= 4 is 17.8 Å². The minimum atomic E-state index is -0.814. The molecule has 0 radical (unpaired) electrons. The van der Waals surface area contributed by atoms with E-state index in [-0.39, 0.29) is 24.3 Å². The largest absolute Gasteiger partial charge is 0.350 e. The average Bonchev–Trinajstić information content (AvgIpc) is 2.82. The number of amides is 4. The molecule has 1 aliphatic carbocycles. The highest BCUT2D eigenvalue weighted by molar-refractivity contribution is 6.09. The second-order valence-electron chi connectivity index (χ2n) is 7.14. The number of nitrogens with zero attached hydrogens (tertiary/aromatic N) is 1. The predicted octanol–water partition coefficient (Wildman–Crippen LogP) is 2.11. The fourth-order valence-electron chi connectivity index (χ4n) is 3.84. The number of hydrogen-bond donors (Lipinski definition) is 2. The van der Waals surface area contributed by atoms with Crippen molar-refractivity contribution in [2.24, 2.45) is 5.92 Å². The lowest BCUT2D eigenvalue weighted by Crippen LogP contribution is -2.54.